The van der Waals surface area contributed by atoms with Gasteiger partial charge in [-0.15, -0.1) is 0 Å². The van der Waals surface area contributed by atoms with Crippen LogP contribution in [0.1, 0.15) is 64.5 Å². The number of rotatable bonds is 9. The van der Waals surface area contributed by atoms with Crippen LogP contribution in [-0.2, 0) is 19.6 Å². The molecule has 3 rings (SSSR count). The van der Waals surface area contributed by atoms with Crippen LogP contribution in [0.4, 0.5) is 4.79 Å². The van der Waals surface area contributed by atoms with Crippen LogP contribution in [0.5, 0.6) is 5.75 Å². The van der Waals surface area contributed by atoms with E-state index in [1.54, 1.807) is 7.05 Å². The van der Waals surface area contributed by atoms with Gasteiger partial charge in [-0.1, -0.05) is 30.3 Å². The highest BCUT2D eigenvalue weighted by atomic mass is 32.2. The molecule has 10 heteroatoms. The molecule has 2 aromatic carbocycles. The van der Waals surface area contributed by atoms with E-state index in [9.17, 15) is 18.0 Å². The zero-order chi connectivity index (χ0) is 29.9. The molecule has 0 aromatic heterocycles. The first kappa shape index (κ1) is 31.4. The third kappa shape index (κ3) is 7.34. The number of ether oxygens (including phenoxy) is 2. The molecule has 9 nitrogen and oxygen atoms in total. The number of likely N-dealkylation sites (N-methyl/N-ethyl adjacent to an activating group) is 1. The molecule has 0 aliphatic carbocycles. The molecule has 0 unspecified atom stereocenters. The summed E-state index contributed by atoms with van der Waals surface area (Å²) in [6, 6.07) is 14.2. The molecule has 1 saturated heterocycles. The summed E-state index contributed by atoms with van der Waals surface area (Å²) in [5, 5.41) is 0. The van der Waals surface area contributed by atoms with Crippen LogP contribution in [0, 0.1) is 6.92 Å². The Morgan fingerprint density at radius 1 is 1.05 bits per heavy atom. The van der Waals surface area contributed by atoms with Crippen molar-refractivity contribution in [1.82, 2.24) is 9.21 Å². The fourth-order valence-electron chi connectivity index (χ4n) is 4.63. The maximum Gasteiger partial charge on any atom is 0.410 e. The summed E-state index contributed by atoms with van der Waals surface area (Å²) < 4.78 is 36.9. The molecule has 220 valence electrons. The highest BCUT2D eigenvalue weighted by Gasteiger charge is 2.45. The van der Waals surface area contributed by atoms with Gasteiger partial charge in [-0.25, -0.2) is 17.5 Å². The van der Waals surface area contributed by atoms with Crippen LogP contribution in [0.15, 0.2) is 42.5 Å². The molecule has 0 bridgehead atoms. The lowest BCUT2D eigenvalue weighted by Crippen LogP contribution is -2.53. The van der Waals surface area contributed by atoms with Gasteiger partial charge in [-0.2, -0.15) is 0 Å². The summed E-state index contributed by atoms with van der Waals surface area (Å²) in [6.07, 6.45) is 0.962. The molecule has 1 aliphatic heterocycles. The fourth-order valence-corrected chi connectivity index (χ4v) is 6.22. The van der Waals surface area contributed by atoms with E-state index < -0.39 is 26.3 Å². The molecule has 40 heavy (non-hydrogen) atoms. The van der Waals surface area contributed by atoms with Gasteiger partial charge in [0.2, 0.25) is 15.9 Å². The van der Waals surface area contributed by atoms with Crippen LogP contribution in [-0.4, -0.2) is 73.3 Å². The van der Waals surface area contributed by atoms with Gasteiger partial charge >= 0.3 is 6.09 Å². The normalized spacial score (nSPS) is 15.5. The second-order valence-corrected chi connectivity index (χ2v) is 14.4. The van der Waals surface area contributed by atoms with Crippen LogP contribution < -0.4 is 10.5 Å². The number of sulfonamides is 1. The summed E-state index contributed by atoms with van der Waals surface area (Å²) in [4.78, 5) is 25.4. The number of carbonyl (C=O) groups excluding carboxylic acids is 2. The molecule has 0 saturated carbocycles. The van der Waals surface area contributed by atoms with Gasteiger partial charge < -0.3 is 20.1 Å². The Balaban J connectivity index is 1.62. The number of benzene rings is 2. The minimum atomic E-state index is -3.82. The minimum absolute atomic E-state index is 0.229. The van der Waals surface area contributed by atoms with E-state index in [0.717, 1.165) is 16.7 Å². The van der Waals surface area contributed by atoms with E-state index >= 15 is 0 Å². The number of aryl methyl sites for hydroxylation is 1. The average Bonchev–Trinajstić information content (AvgIpc) is 2.87. The number of amides is 2. The van der Waals surface area contributed by atoms with Crippen molar-refractivity contribution >= 4 is 22.0 Å². The summed E-state index contributed by atoms with van der Waals surface area (Å²) in [7, 11) is -2.14. The molecule has 2 N–H and O–H groups in total. The largest absolute Gasteiger partial charge is 0.492 e. The van der Waals surface area contributed by atoms with Gasteiger partial charge in [0.15, 0.2) is 4.75 Å². The molecule has 1 heterocycles. The van der Waals surface area contributed by atoms with E-state index in [-0.39, 0.29) is 12.0 Å². The lowest BCUT2D eigenvalue weighted by molar-refractivity contribution is -0.119. The van der Waals surface area contributed by atoms with Gasteiger partial charge in [0.25, 0.3) is 0 Å². The first-order valence-electron chi connectivity index (χ1n) is 13.6. The number of nitrogens with two attached hydrogens (primary N) is 1. The Morgan fingerprint density at radius 2 is 1.70 bits per heavy atom. The predicted octanol–water partition coefficient (Wildman–Crippen LogP) is 4.68. The number of carbonyl (C=O) groups is 2. The molecule has 0 spiro atoms. The van der Waals surface area contributed by atoms with Crippen molar-refractivity contribution in [3.8, 4) is 16.9 Å². The number of hydrogen-bond donors (Lipinski definition) is 1. The van der Waals surface area contributed by atoms with E-state index in [0.29, 0.717) is 44.8 Å². The summed E-state index contributed by atoms with van der Waals surface area (Å²) in [5.41, 5.74) is 9.21. The van der Waals surface area contributed by atoms with E-state index in [1.807, 2.05) is 45.0 Å². The van der Waals surface area contributed by atoms with Crippen LogP contribution >= 0.6 is 0 Å². The standard InChI is InChI=1S/C30H43N3O6S/c1-21-19-23(22-13-15-33(16-14-22)40(36,37)30(5,6)27(31)34)11-12-26(21)24-9-8-10-25(20-24)38-18-17-32(7)28(35)39-29(2,3)4/h8-12,19-20,22H,13-18H2,1-7H3,(H2,31,34). The summed E-state index contributed by atoms with van der Waals surface area (Å²) >= 11 is 0. The van der Waals surface area contributed by atoms with Crippen molar-refractivity contribution in [2.75, 3.05) is 33.3 Å². The quantitative estimate of drug-likeness (QED) is 0.465. The van der Waals surface area contributed by atoms with Gasteiger partial charge in [-0.05, 0) is 94.7 Å². The van der Waals surface area contributed by atoms with Gasteiger partial charge in [0, 0.05) is 20.1 Å². The fraction of sp³-hybridized carbons (Fsp3) is 0.533. The lowest BCUT2D eigenvalue weighted by atomic mass is 9.87. The molecular formula is C30H43N3O6S. The van der Waals surface area contributed by atoms with Crippen LogP contribution in [0.3, 0.4) is 0 Å². The Labute approximate surface area is 238 Å². The molecule has 0 radical (unpaired) electrons. The monoisotopic (exact) mass is 573 g/mol. The first-order chi connectivity index (χ1) is 18.5. The lowest BCUT2D eigenvalue weighted by Gasteiger charge is -2.35. The predicted molar refractivity (Wildman–Crippen MR) is 157 cm³/mol. The molecule has 2 amide bonds. The van der Waals surface area contributed by atoms with Gasteiger partial charge in [0.05, 0.1) is 6.54 Å². The van der Waals surface area contributed by atoms with Crippen LogP contribution in [0.25, 0.3) is 11.1 Å². The molecule has 1 aliphatic rings. The topological polar surface area (TPSA) is 119 Å². The first-order valence-corrected chi connectivity index (χ1v) is 15.0. The maximum absolute atomic E-state index is 12.9. The Hall–Kier alpha value is -3.11. The number of primary amides is 1. The second kappa shape index (κ2) is 12.2. The highest BCUT2D eigenvalue weighted by molar-refractivity contribution is 7.91. The number of nitrogens with zero attached hydrogens (tertiary/aromatic N) is 2. The highest BCUT2D eigenvalue weighted by Crippen LogP contribution is 2.35. The van der Waals surface area contributed by atoms with Crippen molar-refractivity contribution < 1.29 is 27.5 Å². The van der Waals surface area contributed by atoms with Gasteiger partial charge in [0.1, 0.15) is 18.0 Å². The minimum Gasteiger partial charge on any atom is -0.492 e. The SMILES string of the molecule is Cc1cc(C2CCN(S(=O)(=O)C(C)(C)C(N)=O)CC2)ccc1-c1cccc(OCCN(C)C(=O)OC(C)(C)C)c1. The van der Waals surface area contributed by atoms with Crippen LogP contribution in [0.2, 0.25) is 0 Å². The Kier molecular flexibility index (Phi) is 9.57. The third-order valence-electron chi connectivity index (χ3n) is 7.30. The van der Waals surface area contributed by atoms with Gasteiger partial charge in [-0.3, -0.25) is 4.79 Å². The van der Waals surface area contributed by atoms with E-state index in [2.05, 4.69) is 25.1 Å². The van der Waals surface area contributed by atoms with E-state index in [4.69, 9.17) is 15.2 Å². The van der Waals surface area contributed by atoms with Crippen molar-refractivity contribution in [3.05, 3.63) is 53.6 Å². The van der Waals surface area contributed by atoms with Crippen molar-refractivity contribution in [2.24, 2.45) is 5.73 Å². The maximum atomic E-state index is 12.9. The number of piperidine rings is 1. The smallest absolute Gasteiger partial charge is 0.410 e. The average molecular weight is 574 g/mol. The number of hydrogen-bond acceptors (Lipinski definition) is 6. The molecule has 1 fully saturated rings. The second-order valence-electron chi connectivity index (χ2n) is 11.9. The summed E-state index contributed by atoms with van der Waals surface area (Å²) in [6.45, 7) is 11.7. The van der Waals surface area contributed by atoms with Crippen molar-refractivity contribution in [3.63, 3.8) is 0 Å². The zero-order valence-electron chi connectivity index (χ0n) is 24.7. The van der Waals surface area contributed by atoms with Crippen molar-refractivity contribution in [1.29, 1.82) is 0 Å². The Morgan fingerprint density at radius 3 is 2.27 bits per heavy atom. The van der Waals surface area contributed by atoms with E-state index in [1.165, 1.54) is 28.6 Å². The zero-order valence-corrected chi connectivity index (χ0v) is 25.5. The third-order valence-corrected chi connectivity index (χ3v) is 9.84. The van der Waals surface area contributed by atoms with Crippen molar-refractivity contribution in [2.45, 2.75) is 70.7 Å². The molecule has 2 aromatic rings. The molecular weight excluding hydrogens is 530 g/mol. The summed E-state index contributed by atoms with van der Waals surface area (Å²) in [5.74, 6) is 0.0991. The Bertz CT molecular complexity index is 1330. The molecule has 0 atom stereocenters.